The summed E-state index contributed by atoms with van der Waals surface area (Å²) in [7, 11) is 0. The van der Waals surface area contributed by atoms with E-state index >= 15 is 0 Å². The summed E-state index contributed by atoms with van der Waals surface area (Å²) in [4.78, 5) is 12.0. The molecule has 132 valence electrons. The summed E-state index contributed by atoms with van der Waals surface area (Å²) in [5, 5.41) is 4.14. The van der Waals surface area contributed by atoms with Gasteiger partial charge in [0.15, 0.2) is 0 Å². The molecule has 0 spiro atoms. The summed E-state index contributed by atoms with van der Waals surface area (Å²) >= 11 is 0. The van der Waals surface area contributed by atoms with Gasteiger partial charge in [-0.05, 0) is 29.4 Å². The lowest BCUT2D eigenvalue weighted by Gasteiger charge is -2.21. The largest absolute Gasteiger partial charge is 0.346 e. The molecule has 0 unspecified atom stereocenters. The van der Waals surface area contributed by atoms with Crippen molar-refractivity contribution in [1.29, 1.82) is 0 Å². The van der Waals surface area contributed by atoms with Crippen LogP contribution in [0.2, 0.25) is 0 Å². The monoisotopic (exact) mass is 337 g/mol. The number of imidazole rings is 1. The SMILES string of the molecule is CCC(C)(C)Cc1cnc(CCc2ccc(Cn3cncn3)cc2)[nH]1. The molecule has 2 heterocycles. The van der Waals surface area contributed by atoms with E-state index in [4.69, 9.17) is 0 Å². The molecule has 3 rings (SSSR count). The van der Waals surface area contributed by atoms with Gasteiger partial charge in [-0.15, -0.1) is 0 Å². The van der Waals surface area contributed by atoms with Gasteiger partial charge in [-0.1, -0.05) is 51.5 Å². The molecule has 0 saturated heterocycles. The van der Waals surface area contributed by atoms with Crippen LogP contribution in [0.3, 0.4) is 0 Å². The Kier molecular flexibility index (Phi) is 5.31. The molecule has 5 heteroatoms. The summed E-state index contributed by atoms with van der Waals surface area (Å²) in [6, 6.07) is 8.70. The summed E-state index contributed by atoms with van der Waals surface area (Å²) in [6.07, 6.45) is 9.45. The zero-order valence-electron chi connectivity index (χ0n) is 15.4. The minimum Gasteiger partial charge on any atom is -0.346 e. The fraction of sp³-hybridized carbons (Fsp3) is 0.450. The molecular formula is C20H27N5. The average molecular weight is 337 g/mol. The van der Waals surface area contributed by atoms with Gasteiger partial charge in [0.25, 0.3) is 0 Å². The van der Waals surface area contributed by atoms with Gasteiger partial charge in [0.05, 0.1) is 6.54 Å². The lowest BCUT2D eigenvalue weighted by molar-refractivity contribution is 0.346. The highest BCUT2D eigenvalue weighted by Gasteiger charge is 2.17. The fourth-order valence-corrected chi connectivity index (χ4v) is 2.84. The molecule has 2 aromatic heterocycles. The third kappa shape index (κ3) is 5.02. The van der Waals surface area contributed by atoms with E-state index in [1.807, 2.05) is 10.9 Å². The van der Waals surface area contributed by atoms with E-state index in [1.165, 1.54) is 23.2 Å². The minimum absolute atomic E-state index is 0.323. The van der Waals surface area contributed by atoms with E-state index in [0.717, 1.165) is 31.6 Å². The Hall–Kier alpha value is -2.43. The van der Waals surface area contributed by atoms with Gasteiger partial charge in [-0.2, -0.15) is 5.10 Å². The normalized spacial score (nSPS) is 11.8. The first-order valence-corrected chi connectivity index (χ1v) is 8.97. The number of benzene rings is 1. The van der Waals surface area contributed by atoms with Crippen molar-refractivity contribution >= 4 is 0 Å². The quantitative estimate of drug-likeness (QED) is 0.680. The summed E-state index contributed by atoms with van der Waals surface area (Å²) in [6.45, 7) is 7.60. The first-order valence-electron chi connectivity index (χ1n) is 8.97. The third-order valence-corrected chi connectivity index (χ3v) is 4.79. The topological polar surface area (TPSA) is 59.4 Å². The van der Waals surface area contributed by atoms with Crippen molar-refractivity contribution in [3.8, 4) is 0 Å². The maximum absolute atomic E-state index is 4.54. The Morgan fingerprint density at radius 1 is 1.08 bits per heavy atom. The second kappa shape index (κ2) is 7.64. The number of nitrogens with one attached hydrogen (secondary N) is 1. The standard InChI is InChI=1S/C20H27N5/c1-4-20(2,3)11-18-12-22-19(24-18)10-9-16-5-7-17(8-6-16)13-25-15-21-14-23-25/h5-8,12,14-15H,4,9-11,13H2,1-3H3,(H,22,24). The zero-order chi connectivity index (χ0) is 17.7. The van der Waals surface area contributed by atoms with Crippen LogP contribution in [0.4, 0.5) is 0 Å². The molecule has 0 aliphatic rings. The molecule has 1 aromatic carbocycles. The Labute approximate surface area is 149 Å². The Bertz CT molecular complexity index is 769. The van der Waals surface area contributed by atoms with E-state index < -0.39 is 0 Å². The number of H-pyrrole nitrogens is 1. The second-order valence-electron chi connectivity index (χ2n) is 7.46. The molecule has 0 saturated carbocycles. The maximum atomic E-state index is 4.54. The van der Waals surface area contributed by atoms with E-state index in [-0.39, 0.29) is 0 Å². The molecule has 5 nitrogen and oxygen atoms in total. The molecule has 3 aromatic rings. The molecule has 0 bridgehead atoms. The molecular weight excluding hydrogens is 310 g/mol. The predicted molar refractivity (Wildman–Crippen MR) is 99.3 cm³/mol. The summed E-state index contributed by atoms with van der Waals surface area (Å²) in [5.74, 6) is 1.08. The average Bonchev–Trinajstić information content (AvgIpc) is 3.26. The number of aromatic nitrogens is 5. The van der Waals surface area contributed by atoms with E-state index in [2.05, 4.69) is 65.1 Å². The molecule has 0 fully saturated rings. The van der Waals surface area contributed by atoms with Crippen LogP contribution >= 0.6 is 0 Å². The minimum atomic E-state index is 0.323. The van der Waals surface area contributed by atoms with E-state index in [0.29, 0.717) is 5.41 Å². The smallest absolute Gasteiger partial charge is 0.137 e. The Morgan fingerprint density at radius 3 is 2.52 bits per heavy atom. The van der Waals surface area contributed by atoms with Crippen LogP contribution < -0.4 is 0 Å². The highest BCUT2D eigenvalue weighted by molar-refractivity contribution is 5.23. The van der Waals surface area contributed by atoms with Crippen molar-refractivity contribution in [3.05, 3.63) is 65.8 Å². The molecule has 1 N–H and O–H groups in total. The van der Waals surface area contributed by atoms with Crippen LogP contribution in [0.5, 0.6) is 0 Å². The van der Waals surface area contributed by atoms with Crippen molar-refractivity contribution in [2.75, 3.05) is 0 Å². The van der Waals surface area contributed by atoms with Crippen molar-refractivity contribution in [2.24, 2.45) is 5.41 Å². The summed E-state index contributed by atoms with van der Waals surface area (Å²) < 4.78 is 1.83. The molecule has 0 aliphatic carbocycles. The van der Waals surface area contributed by atoms with Gasteiger partial charge >= 0.3 is 0 Å². The van der Waals surface area contributed by atoms with E-state index in [1.54, 1.807) is 12.7 Å². The van der Waals surface area contributed by atoms with Crippen LogP contribution in [0, 0.1) is 5.41 Å². The van der Waals surface area contributed by atoms with Gasteiger partial charge in [0.2, 0.25) is 0 Å². The molecule has 0 radical (unpaired) electrons. The molecule has 0 amide bonds. The molecule has 0 aliphatic heterocycles. The number of aryl methyl sites for hydroxylation is 2. The van der Waals surface area contributed by atoms with Crippen molar-refractivity contribution in [3.63, 3.8) is 0 Å². The van der Waals surface area contributed by atoms with E-state index in [9.17, 15) is 0 Å². The van der Waals surface area contributed by atoms with Gasteiger partial charge < -0.3 is 4.98 Å². The molecule has 0 atom stereocenters. The van der Waals surface area contributed by atoms with Crippen molar-refractivity contribution < 1.29 is 0 Å². The number of rotatable bonds is 8. The predicted octanol–water partition coefficient (Wildman–Crippen LogP) is 3.81. The van der Waals surface area contributed by atoms with Crippen LogP contribution in [-0.2, 0) is 25.8 Å². The zero-order valence-corrected chi connectivity index (χ0v) is 15.4. The van der Waals surface area contributed by atoms with Gasteiger partial charge in [0.1, 0.15) is 18.5 Å². The van der Waals surface area contributed by atoms with Crippen LogP contribution in [-0.4, -0.2) is 24.7 Å². The Balaban J connectivity index is 1.52. The van der Waals surface area contributed by atoms with Gasteiger partial charge in [0, 0.05) is 18.3 Å². The first kappa shape index (κ1) is 17.4. The lowest BCUT2D eigenvalue weighted by Crippen LogP contribution is -2.13. The number of aromatic amines is 1. The Morgan fingerprint density at radius 2 is 1.84 bits per heavy atom. The van der Waals surface area contributed by atoms with Crippen LogP contribution in [0.1, 0.15) is 49.8 Å². The van der Waals surface area contributed by atoms with Gasteiger partial charge in [-0.25, -0.2) is 14.6 Å². The lowest BCUT2D eigenvalue weighted by atomic mass is 9.85. The number of hydrogen-bond acceptors (Lipinski definition) is 3. The number of nitrogens with zero attached hydrogens (tertiary/aromatic N) is 4. The third-order valence-electron chi connectivity index (χ3n) is 4.79. The van der Waals surface area contributed by atoms with Gasteiger partial charge in [-0.3, -0.25) is 0 Å². The highest BCUT2D eigenvalue weighted by atomic mass is 15.3. The molecule has 25 heavy (non-hydrogen) atoms. The van der Waals surface area contributed by atoms with Crippen LogP contribution in [0.15, 0.2) is 43.1 Å². The second-order valence-corrected chi connectivity index (χ2v) is 7.46. The highest BCUT2D eigenvalue weighted by Crippen LogP contribution is 2.24. The van der Waals surface area contributed by atoms with Crippen molar-refractivity contribution in [2.45, 2.75) is 53.0 Å². The fourth-order valence-electron chi connectivity index (χ4n) is 2.84. The maximum Gasteiger partial charge on any atom is 0.137 e. The number of hydrogen-bond donors (Lipinski definition) is 1. The summed E-state index contributed by atoms with van der Waals surface area (Å²) in [5.41, 5.74) is 4.12. The van der Waals surface area contributed by atoms with Crippen molar-refractivity contribution in [1.82, 2.24) is 24.7 Å². The van der Waals surface area contributed by atoms with Crippen LogP contribution in [0.25, 0.3) is 0 Å². The first-order chi connectivity index (χ1) is 12.0.